The van der Waals surface area contributed by atoms with E-state index in [1.54, 1.807) is 0 Å². The summed E-state index contributed by atoms with van der Waals surface area (Å²) in [5, 5.41) is 6.02. The van der Waals surface area contributed by atoms with Crippen LogP contribution in [-0.4, -0.2) is 16.2 Å². The molecule has 8 aromatic rings. The lowest BCUT2D eigenvalue weighted by Crippen LogP contribution is -2.36. The van der Waals surface area contributed by atoms with Crippen molar-refractivity contribution in [2.75, 3.05) is 0 Å². The fourth-order valence-electron chi connectivity index (χ4n) is 8.21. The Labute approximate surface area is 303 Å². The number of benzene rings is 7. The Morgan fingerprint density at radius 2 is 1.10 bits per heavy atom. The van der Waals surface area contributed by atoms with Gasteiger partial charge in [0.05, 0.1) is 11.0 Å². The van der Waals surface area contributed by atoms with Crippen LogP contribution in [0, 0.1) is 0 Å². The predicted octanol–water partition coefficient (Wildman–Crippen LogP) is 11.3. The molecule has 2 aliphatic rings. The van der Waals surface area contributed by atoms with E-state index in [1.165, 1.54) is 55.2 Å². The van der Waals surface area contributed by atoms with E-state index in [0.29, 0.717) is 0 Å². The lowest BCUT2D eigenvalue weighted by molar-refractivity contribution is 0.661. The van der Waals surface area contributed by atoms with Crippen molar-refractivity contribution < 1.29 is 0 Å². The van der Waals surface area contributed by atoms with E-state index in [0.717, 1.165) is 34.0 Å². The molecule has 0 bridgehead atoms. The number of amidine groups is 2. The van der Waals surface area contributed by atoms with E-state index in [1.807, 2.05) is 36.4 Å². The largest absolute Gasteiger partial charge is 0.324 e. The van der Waals surface area contributed by atoms with Gasteiger partial charge in [-0.25, -0.2) is 9.98 Å². The first-order valence-electron chi connectivity index (χ1n) is 17.9. The Morgan fingerprint density at radius 3 is 1.79 bits per heavy atom. The van der Waals surface area contributed by atoms with Gasteiger partial charge in [-0.15, -0.1) is 0 Å². The average Bonchev–Trinajstić information content (AvgIpc) is 3.65. The quantitative estimate of drug-likeness (QED) is 0.195. The fourth-order valence-corrected chi connectivity index (χ4v) is 8.21. The maximum Gasteiger partial charge on any atom is 0.169 e. The molecule has 1 aliphatic carbocycles. The third kappa shape index (κ3) is 4.83. The molecule has 10 rings (SSSR count). The Bertz CT molecular complexity index is 2660. The highest BCUT2D eigenvalue weighted by atomic mass is 15.2. The summed E-state index contributed by atoms with van der Waals surface area (Å²) in [5.74, 6) is 1.63. The Kier molecular flexibility index (Phi) is 6.87. The van der Waals surface area contributed by atoms with Gasteiger partial charge >= 0.3 is 0 Å². The molecule has 7 aromatic carbocycles. The van der Waals surface area contributed by atoms with Crippen LogP contribution in [0.25, 0.3) is 49.7 Å². The smallest absolute Gasteiger partial charge is 0.169 e. The van der Waals surface area contributed by atoms with Crippen LogP contribution in [0.2, 0.25) is 0 Å². The van der Waals surface area contributed by atoms with Crippen LogP contribution < -0.4 is 5.32 Å². The number of aromatic nitrogens is 1. The molecule has 4 nitrogen and oxygen atoms in total. The van der Waals surface area contributed by atoms with Crippen molar-refractivity contribution in [2.24, 2.45) is 9.98 Å². The molecule has 2 heterocycles. The van der Waals surface area contributed by atoms with E-state index in [2.05, 4.69) is 157 Å². The van der Waals surface area contributed by atoms with E-state index in [-0.39, 0.29) is 5.41 Å². The van der Waals surface area contributed by atoms with Gasteiger partial charge in [0, 0.05) is 38.6 Å². The molecule has 0 spiro atoms. The number of hydrogen-bond acceptors (Lipinski definition) is 3. The standard InChI is InChI=1S/C48H36N4/c1-48(2)41-24-13-12-23-37(41)38-29-40-39-28-34(31-15-6-3-7-16-31)25-26-43(39)52(44(40)30-42(38)48)36-22-14-21-35(27-36)47-50-45(32-17-8-4-9-18-32)49-46(51-47)33-19-10-5-11-20-33/h3-30,47H,1-2H3,(H,49,50,51). The zero-order valence-corrected chi connectivity index (χ0v) is 29.1. The summed E-state index contributed by atoms with van der Waals surface area (Å²) in [6, 6.07) is 60.7. The maximum absolute atomic E-state index is 5.19. The van der Waals surface area contributed by atoms with Gasteiger partial charge in [0.15, 0.2) is 6.17 Å². The zero-order chi connectivity index (χ0) is 34.8. The van der Waals surface area contributed by atoms with E-state index < -0.39 is 6.17 Å². The molecule has 248 valence electrons. The highest BCUT2D eigenvalue weighted by Gasteiger charge is 2.36. The van der Waals surface area contributed by atoms with Crippen LogP contribution in [-0.2, 0) is 5.41 Å². The first-order valence-corrected chi connectivity index (χ1v) is 17.9. The molecule has 1 aromatic heterocycles. The van der Waals surface area contributed by atoms with Crippen LogP contribution in [0.5, 0.6) is 0 Å². The molecule has 0 unspecified atom stereocenters. The number of nitrogens with zero attached hydrogens (tertiary/aromatic N) is 3. The van der Waals surface area contributed by atoms with Crippen LogP contribution in [0.1, 0.15) is 47.8 Å². The summed E-state index contributed by atoms with van der Waals surface area (Å²) in [4.78, 5) is 10.4. The van der Waals surface area contributed by atoms with Gasteiger partial charge in [-0.2, -0.15) is 0 Å². The van der Waals surface area contributed by atoms with Crippen molar-refractivity contribution in [3.63, 3.8) is 0 Å². The van der Waals surface area contributed by atoms with Crippen molar-refractivity contribution in [3.05, 3.63) is 198 Å². The van der Waals surface area contributed by atoms with Gasteiger partial charge in [-0.3, -0.25) is 0 Å². The summed E-state index contributed by atoms with van der Waals surface area (Å²) in [6.45, 7) is 4.71. The van der Waals surface area contributed by atoms with Gasteiger partial charge in [-0.05, 0) is 69.8 Å². The van der Waals surface area contributed by atoms with E-state index in [4.69, 9.17) is 9.98 Å². The topological polar surface area (TPSA) is 41.7 Å². The zero-order valence-electron chi connectivity index (χ0n) is 29.1. The summed E-state index contributed by atoms with van der Waals surface area (Å²) in [6.07, 6.45) is -0.415. The first-order chi connectivity index (χ1) is 25.5. The Morgan fingerprint density at radius 1 is 0.481 bits per heavy atom. The second kappa shape index (κ2) is 11.8. The molecule has 0 amide bonds. The van der Waals surface area contributed by atoms with Crippen molar-refractivity contribution in [3.8, 4) is 27.9 Å². The number of aliphatic imine (C=N–C) groups is 2. The lowest BCUT2D eigenvalue weighted by Gasteiger charge is -2.23. The fraction of sp³-hybridized carbons (Fsp3) is 0.0833. The second-order valence-electron chi connectivity index (χ2n) is 14.3. The molecule has 1 N–H and O–H groups in total. The van der Waals surface area contributed by atoms with Crippen LogP contribution in [0.15, 0.2) is 180 Å². The molecule has 0 radical (unpaired) electrons. The lowest BCUT2D eigenvalue weighted by atomic mass is 9.82. The Hall–Kier alpha value is -6.52. The molecule has 1 aliphatic heterocycles. The Balaban J connectivity index is 1.18. The number of fused-ring (bicyclic) bond motifs is 6. The van der Waals surface area contributed by atoms with Crippen molar-refractivity contribution in [2.45, 2.75) is 25.4 Å². The molecular weight excluding hydrogens is 633 g/mol. The molecule has 0 saturated heterocycles. The van der Waals surface area contributed by atoms with Gasteiger partial charge in [0.1, 0.15) is 11.7 Å². The van der Waals surface area contributed by atoms with Gasteiger partial charge in [0.2, 0.25) is 0 Å². The molecule has 4 heteroatoms. The molecule has 0 fully saturated rings. The second-order valence-corrected chi connectivity index (χ2v) is 14.3. The van der Waals surface area contributed by atoms with E-state index in [9.17, 15) is 0 Å². The monoisotopic (exact) mass is 668 g/mol. The van der Waals surface area contributed by atoms with Crippen LogP contribution in [0.3, 0.4) is 0 Å². The maximum atomic E-state index is 5.19. The highest BCUT2D eigenvalue weighted by molar-refractivity contribution is 6.16. The molecule has 0 atom stereocenters. The first kappa shape index (κ1) is 30.3. The number of rotatable bonds is 5. The summed E-state index contributed by atoms with van der Waals surface area (Å²) < 4.78 is 2.44. The number of hydrogen-bond donors (Lipinski definition) is 1. The minimum Gasteiger partial charge on any atom is -0.324 e. The molecule has 0 saturated carbocycles. The highest BCUT2D eigenvalue weighted by Crippen LogP contribution is 2.51. The van der Waals surface area contributed by atoms with Crippen molar-refractivity contribution >= 4 is 33.5 Å². The van der Waals surface area contributed by atoms with Gasteiger partial charge < -0.3 is 9.88 Å². The van der Waals surface area contributed by atoms with Crippen molar-refractivity contribution in [1.82, 2.24) is 9.88 Å². The van der Waals surface area contributed by atoms with Gasteiger partial charge in [0.25, 0.3) is 0 Å². The molecule has 52 heavy (non-hydrogen) atoms. The third-order valence-electron chi connectivity index (χ3n) is 10.8. The minimum atomic E-state index is -0.415. The predicted molar refractivity (Wildman–Crippen MR) is 216 cm³/mol. The summed E-state index contributed by atoms with van der Waals surface area (Å²) >= 11 is 0. The minimum absolute atomic E-state index is 0.112. The SMILES string of the molecule is CC1(C)c2ccccc2-c2cc3c4cc(-c5ccccc5)ccc4n(-c4cccc(C5N=C(c6ccccc6)NC(c6ccccc6)=N5)c4)c3cc21. The normalized spacial score (nSPS) is 14.8. The number of nitrogens with one attached hydrogen (secondary N) is 1. The summed E-state index contributed by atoms with van der Waals surface area (Å²) in [5.41, 5.74) is 14.3. The average molecular weight is 669 g/mol. The summed E-state index contributed by atoms with van der Waals surface area (Å²) in [7, 11) is 0. The van der Waals surface area contributed by atoms with Gasteiger partial charge in [-0.1, -0.05) is 147 Å². The van der Waals surface area contributed by atoms with Crippen LogP contribution in [0.4, 0.5) is 0 Å². The van der Waals surface area contributed by atoms with Crippen LogP contribution >= 0.6 is 0 Å². The molecular formula is C48H36N4. The third-order valence-corrected chi connectivity index (χ3v) is 10.8. The van der Waals surface area contributed by atoms with Crippen molar-refractivity contribution in [1.29, 1.82) is 0 Å². The van der Waals surface area contributed by atoms with E-state index >= 15 is 0 Å².